The number of nitrogens with zero attached hydrogens (tertiary/aromatic N) is 1. The second kappa shape index (κ2) is 3.38. The van der Waals surface area contributed by atoms with Crippen molar-refractivity contribution >= 4 is 5.97 Å². The zero-order chi connectivity index (χ0) is 9.99. The lowest BCUT2D eigenvalue weighted by Gasteiger charge is -2.43. The van der Waals surface area contributed by atoms with E-state index < -0.39 is 22.9 Å². The average molecular weight is 177 g/mol. The van der Waals surface area contributed by atoms with Gasteiger partial charge in [-0.25, -0.2) is 0 Å². The summed E-state index contributed by atoms with van der Waals surface area (Å²) in [4.78, 5) is 10.6. The van der Waals surface area contributed by atoms with Crippen LogP contribution in [0.3, 0.4) is 0 Å². The van der Waals surface area contributed by atoms with Crippen LogP contribution in [0.4, 0.5) is 0 Å². The number of aliphatic hydroxyl groups excluding tert-OH is 1. The average Bonchev–Trinajstić information content (AvgIpc) is 2.02. The molecular weight excluding hydrogens is 162 g/mol. The van der Waals surface area contributed by atoms with Gasteiger partial charge in [-0.1, -0.05) is 6.92 Å². The lowest BCUT2D eigenvalue weighted by Crippen LogP contribution is -2.67. The Morgan fingerprint density at radius 1 is 1.58 bits per heavy atom. The summed E-state index contributed by atoms with van der Waals surface area (Å²) in [5, 5.41) is 29.0. The van der Waals surface area contributed by atoms with Crippen molar-refractivity contribution in [1.82, 2.24) is 0 Å². The van der Waals surface area contributed by atoms with Gasteiger partial charge in [0, 0.05) is 6.42 Å². The molecule has 0 radical (unpaired) electrons. The first-order valence-electron chi connectivity index (χ1n) is 3.69. The van der Waals surface area contributed by atoms with Gasteiger partial charge in [0.2, 0.25) is 5.72 Å². The van der Waals surface area contributed by atoms with E-state index in [0.29, 0.717) is 0 Å². The maximum atomic E-state index is 10.6. The summed E-state index contributed by atoms with van der Waals surface area (Å²) in [6.07, 6.45) is -0.0110. The molecule has 0 saturated carbocycles. The minimum absolute atomic E-state index is 0.0110. The number of aliphatic hydroxyl groups is 2. The second-order valence-corrected chi connectivity index (χ2v) is 3.28. The highest BCUT2D eigenvalue weighted by atomic mass is 16.4. The normalized spacial score (nSPS) is 17.1. The van der Waals surface area contributed by atoms with Crippen molar-refractivity contribution in [2.75, 3.05) is 20.8 Å². The van der Waals surface area contributed by atoms with Crippen LogP contribution in [0.25, 0.3) is 0 Å². The first-order valence-corrected chi connectivity index (χ1v) is 3.69. The van der Waals surface area contributed by atoms with E-state index in [-0.39, 0.29) is 6.42 Å². The highest BCUT2D eigenvalue weighted by Gasteiger charge is 2.43. The number of hydrogen-bond donors (Lipinski definition) is 2. The monoisotopic (exact) mass is 177 g/mol. The highest BCUT2D eigenvalue weighted by Crippen LogP contribution is 2.19. The van der Waals surface area contributed by atoms with Crippen LogP contribution >= 0.6 is 0 Å². The van der Waals surface area contributed by atoms with Crippen LogP contribution < -0.4 is 5.11 Å². The number of rotatable bonds is 4. The molecule has 0 fully saturated rings. The molecule has 0 aliphatic heterocycles. The third-order valence-electron chi connectivity index (χ3n) is 2.17. The molecule has 1 unspecified atom stereocenters. The summed E-state index contributed by atoms with van der Waals surface area (Å²) in [7, 11) is 2.83. The predicted octanol–water partition coefficient (Wildman–Crippen LogP) is -2.14. The van der Waals surface area contributed by atoms with E-state index in [1.165, 1.54) is 21.0 Å². The Hall–Kier alpha value is -0.650. The number of carbonyl (C=O) groups excluding carboxylic acids is 1. The summed E-state index contributed by atoms with van der Waals surface area (Å²) in [6.45, 7) is 1.06. The van der Waals surface area contributed by atoms with E-state index >= 15 is 0 Å². The molecule has 2 N–H and O–H groups in total. The Bertz CT molecular complexity index is 180. The van der Waals surface area contributed by atoms with Crippen LogP contribution in [0.15, 0.2) is 0 Å². The van der Waals surface area contributed by atoms with Crippen LogP contribution in [0.5, 0.6) is 0 Å². The maximum Gasteiger partial charge on any atom is 0.243 e. The van der Waals surface area contributed by atoms with Crippen molar-refractivity contribution in [1.29, 1.82) is 0 Å². The van der Waals surface area contributed by atoms with E-state index in [9.17, 15) is 15.0 Å². The molecule has 0 aromatic rings. The van der Waals surface area contributed by atoms with E-state index in [4.69, 9.17) is 5.11 Å². The Labute approximate surface area is 71.4 Å². The van der Waals surface area contributed by atoms with Gasteiger partial charge < -0.3 is 20.1 Å². The second-order valence-electron chi connectivity index (χ2n) is 3.28. The zero-order valence-electron chi connectivity index (χ0n) is 7.57. The van der Waals surface area contributed by atoms with Gasteiger partial charge in [-0.15, -0.1) is 0 Å². The number of carbonyl (C=O) groups is 1. The minimum Gasteiger partial charge on any atom is -0.542 e. The lowest BCUT2D eigenvalue weighted by atomic mass is 10.1. The van der Waals surface area contributed by atoms with Crippen molar-refractivity contribution in [3.63, 3.8) is 0 Å². The lowest BCUT2D eigenvalue weighted by molar-refractivity contribution is -0.974. The van der Waals surface area contributed by atoms with Gasteiger partial charge >= 0.3 is 0 Å². The molecule has 1 atom stereocenters. The van der Waals surface area contributed by atoms with Gasteiger partial charge in [-0.3, -0.25) is 4.48 Å². The van der Waals surface area contributed by atoms with E-state index in [2.05, 4.69) is 0 Å². The van der Waals surface area contributed by atoms with Crippen LogP contribution in [0.2, 0.25) is 0 Å². The maximum absolute atomic E-state index is 10.6. The van der Waals surface area contributed by atoms with Gasteiger partial charge in [0.25, 0.3) is 0 Å². The van der Waals surface area contributed by atoms with Crippen LogP contribution in [-0.4, -0.2) is 47.2 Å². The van der Waals surface area contributed by atoms with Crippen molar-refractivity contribution in [3.8, 4) is 0 Å². The SMILES string of the molecule is CCC(O)(C(=O)[O-])[N+](C)(C)CO. The molecule has 0 saturated heterocycles. The number of carboxylic acids is 1. The fourth-order valence-electron chi connectivity index (χ4n) is 0.936. The number of quaternary nitrogens is 1. The molecule has 0 aliphatic rings. The standard InChI is InChI=1S/C7H15NO4/c1-4-7(12,6(10)11)8(2,3)5-9/h9,12H,4-5H2,1-3H3. The molecule has 0 aromatic carbocycles. The molecule has 72 valence electrons. The topological polar surface area (TPSA) is 80.6 Å². The molecule has 0 bridgehead atoms. The Kier molecular flexibility index (Phi) is 3.20. The molecule has 0 aliphatic carbocycles. The molecule has 0 aromatic heterocycles. The number of likely N-dealkylation sites (N-methyl/N-ethyl adjacent to an activating group) is 1. The van der Waals surface area contributed by atoms with Crippen molar-refractivity contribution in [3.05, 3.63) is 0 Å². The quantitative estimate of drug-likeness (QED) is 0.379. The first kappa shape index (κ1) is 11.4. The first-order chi connectivity index (χ1) is 5.31. The predicted molar refractivity (Wildman–Crippen MR) is 39.4 cm³/mol. The Morgan fingerprint density at radius 3 is 2.08 bits per heavy atom. The summed E-state index contributed by atoms with van der Waals surface area (Å²) >= 11 is 0. The number of carboxylic acid groups (broad SMARTS) is 1. The fraction of sp³-hybridized carbons (Fsp3) is 0.857. The Morgan fingerprint density at radius 2 is 2.00 bits per heavy atom. The Balaban J connectivity index is 4.87. The number of hydrogen-bond acceptors (Lipinski definition) is 4. The van der Waals surface area contributed by atoms with Crippen molar-refractivity contribution in [2.45, 2.75) is 19.1 Å². The smallest absolute Gasteiger partial charge is 0.243 e. The third kappa shape index (κ3) is 1.57. The van der Waals surface area contributed by atoms with Gasteiger partial charge in [0.05, 0.1) is 14.1 Å². The zero-order valence-corrected chi connectivity index (χ0v) is 7.57. The molecule has 0 amide bonds. The van der Waals surface area contributed by atoms with E-state index in [0.717, 1.165) is 0 Å². The van der Waals surface area contributed by atoms with Gasteiger partial charge in [-0.05, 0) is 0 Å². The molecule has 5 heteroatoms. The van der Waals surface area contributed by atoms with E-state index in [1.54, 1.807) is 0 Å². The molecular formula is C7H15NO4. The van der Waals surface area contributed by atoms with Crippen LogP contribution in [-0.2, 0) is 4.79 Å². The van der Waals surface area contributed by atoms with Gasteiger partial charge in [0.15, 0.2) is 6.73 Å². The van der Waals surface area contributed by atoms with E-state index in [1.807, 2.05) is 0 Å². The van der Waals surface area contributed by atoms with Crippen molar-refractivity contribution in [2.24, 2.45) is 0 Å². The molecule has 0 spiro atoms. The largest absolute Gasteiger partial charge is 0.542 e. The molecule has 0 heterocycles. The highest BCUT2D eigenvalue weighted by molar-refractivity contribution is 5.72. The minimum atomic E-state index is -2.02. The summed E-state index contributed by atoms with van der Waals surface area (Å²) in [5.41, 5.74) is -2.02. The number of aliphatic carboxylic acids is 1. The summed E-state index contributed by atoms with van der Waals surface area (Å²) < 4.78 is -0.425. The van der Waals surface area contributed by atoms with Crippen LogP contribution in [0, 0.1) is 0 Å². The van der Waals surface area contributed by atoms with Crippen LogP contribution in [0.1, 0.15) is 13.3 Å². The molecule has 12 heavy (non-hydrogen) atoms. The molecule has 5 nitrogen and oxygen atoms in total. The third-order valence-corrected chi connectivity index (χ3v) is 2.17. The summed E-state index contributed by atoms with van der Waals surface area (Å²) in [5.74, 6) is -1.57. The van der Waals surface area contributed by atoms with Gasteiger partial charge in [0.1, 0.15) is 5.97 Å². The van der Waals surface area contributed by atoms with Gasteiger partial charge in [-0.2, -0.15) is 0 Å². The molecule has 0 rings (SSSR count). The fourth-order valence-corrected chi connectivity index (χ4v) is 0.936. The summed E-state index contributed by atoms with van der Waals surface area (Å²) in [6, 6.07) is 0. The van der Waals surface area contributed by atoms with Crippen molar-refractivity contribution < 1.29 is 24.6 Å².